The number of anilines is 2. The van der Waals surface area contributed by atoms with Crippen molar-refractivity contribution >= 4 is 28.3 Å². The lowest BCUT2D eigenvalue weighted by molar-refractivity contribution is 0.0600. The largest absolute Gasteiger partial charge is 0.465 e. The van der Waals surface area contributed by atoms with Gasteiger partial charge in [0.15, 0.2) is 5.82 Å². The molecule has 18 heavy (non-hydrogen) atoms. The van der Waals surface area contributed by atoms with Gasteiger partial charge < -0.3 is 20.1 Å². The van der Waals surface area contributed by atoms with Gasteiger partial charge in [-0.3, -0.25) is 0 Å². The molecule has 0 amide bonds. The van der Waals surface area contributed by atoms with Crippen molar-refractivity contribution in [1.82, 2.24) is 4.37 Å². The molecule has 0 aromatic carbocycles. The zero-order valence-electron chi connectivity index (χ0n) is 10.5. The third-order valence-electron chi connectivity index (χ3n) is 3.05. The van der Waals surface area contributed by atoms with Gasteiger partial charge in [0.2, 0.25) is 0 Å². The Hall–Kier alpha value is -1.34. The van der Waals surface area contributed by atoms with Gasteiger partial charge in [0, 0.05) is 6.54 Å². The van der Waals surface area contributed by atoms with Crippen molar-refractivity contribution in [2.24, 2.45) is 0 Å². The molecule has 2 heterocycles. The van der Waals surface area contributed by atoms with Crippen LogP contribution in [0.25, 0.3) is 0 Å². The molecule has 1 saturated heterocycles. The standard InChI is InChI=1S/C11H17N3O3S/c1-3-7-6-17-5-4-14(7)10-8(11(15)16-2)9(12)13-18-10/h7H,3-6H2,1-2H3,(H2,12,13). The molecule has 0 spiro atoms. The lowest BCUT2D eigenvalue weighted by Gasteiger charge is -2.35. The third-order valence-corrected chi connectivity index (χ3v) is 3.95. The molecule has 0 bridgehead atoms. The number of methoxy groups -OCH3 is 1. The predicted octanol–water partition coefficient (Wildman–Crippen LogP) is 1.13. The fourth-order valence-corrected chi connectivity index (χ4v) is 2.94. The smallest absolute Gasteiger partial charge is 0.344 e. The molecular formula is C11H17N3O3S. The molecule has 2 rings (SSSR count). The molecule has 0 radical (unpaired) electrons. The van der Waals surface area contributed by atoms with Crippen molar-refractivity contribution < 1.29 is 14.3 Å². The Bertz CT molecular complexity index is 435. The number of nitrogens with two attached hydrogens (primary N) is 1. The van der Waals surface area contributed by atoms with E-state index in [1.165, 1.54) is 18.6 Å². The zero-order chi connectivity index (χ0) is 13.1. The number of carbonyl (C=O) groups is 1. The first-order valence-electron chi connectivity index (χ1n) is 5.86. The molecule has 0 aliphatic carbocycles. The summed E-state index contributed by atoms with van der Waals surface area (Å²) in [6.07, 6.45) is 0.943. The van der Waals surface area contributed by atoms with Crippen LogP contribution >= 0.6 is 11.5 Å². The summed E-state index contributed by atoms with van der Waals surface area (Å²) >= 11 is 1.24. The maximum atomic E-state index is 11.8. The highest BCUT2D eigenvalue weighted by atomic mass is 32.1. The Morgan fingerprint density at radius 2 is 2.50 bits per heavy atom. The van der Waals surface area contributed by atoms with Gasteiger partial charge >= 0.3 is 5.97 Å². The number of ether oxygens (including phenoxy) is 2. The van der Waals surface area contributed by atoms with Crippen molar-refractivity contribution in [2.45, 2.75) is 19.4 Å². The van der Waals surface area contributed by atoms with Crippen LogP contribution in [0.5, 0.6) is 0 Å². The van der Waals surface area contributed by atoms with Crippen LogP contribution in [0.4, 0.5) is 10.8 Å². The first-order valence-corrected chi connectivity index (χ1v) is 6.64. The van der Waals surface area contributed by atoms with E-state index in [4.69, 9.17) is 15.2 Å². The van der Waals surface area contributed by atoms with Gasteiger partial charge in [-0.05, 0) is 18.0 Å². The first kappa shape index (κ1) is 13.1. The van der Waals surface area contributed by atoms with E-state index in [2.05, 4.69) is 16.2 Å². The first-order chi connectivity index (χ1) is 8.69. The van der Waals surface area contributed by atoms with E-state index in [9.17, 15) is 4.79 Å². The summed E-state index contributed by atoms with van der Waals surface area (Å²) in [5, 5.41) is 0.787. The highest BCUT2D eigenvalue weighted by Crippen LogP contribution is 2.33. The Morgan fingerprint density at radius 1 is 1.72 bits per heavy atom. The van der Waals surface area contributed by atoms with E-state index in [0.29, 0.717) is 18.8 Å². The van der Waals surface area contributed by atoms with Crippen LogP contribution in [0.3, 0.4) is 0 Å². The minimum atomic E-state index is -0.433. The molecule has 2 N–H and O–H groups in total. The average Bonchev–Trinajstić information content (AvgIpc) is 2.79. The molecule has 1 atom stereocenters. The van der Waals surface area contributed by atoms with Crippen LogP contribution in [0, 0.1) is 0 Å². The van der Waals surface area contributed by atoms with Crippen LogP contribution in [-0.4, -0.2) is 43.3 Å². The highest BCUT2D eigenvalue weighted by Gasteiger charge is 2.29. The van der Waals surface area contributed by atoms with E-state index in [0.717, 1.165) is 18.0 Å². The van der Waals surface area contributed by atoms with E-state index in [1.54, 1.807) is 0 Å². The molecule has 0 saturated carbocycles. The van der Waals surface area contributed by atoms with Crippen molar-refractivity contribution in [3.05, 3.63) is 5.56 Å². The third kappa shape index (κ3) is 2.28. The maximum absolute atomic E-state index is 11.8. The number of nitrogen functional groups attached to an aromatic ring is 1. The Kier molecular flexibility index (Phi) is 4.03. The monoisotopic (exact) mass is 271 g/mol. The van der Waals surface area contributed by atoms with Crippen molar-refractivity contribution in [2.75, 3.05) is 37.5 Å². The van der Waals surface area contributed by atoms with E-state index in [1.807, 2.05) is 0 Å². The number of esters is 1. The van der Waals surface area contributed by atoms with Crippen molar-refractivity contribution in [1.29, 1.82) is 0 Å². The molecular weight excluding hydrogens is 254 g/mol. The fourth-order valence-electron chi connectivity index (χ4n) is 2.04. The Labute approximate surface area is 110 Å². The summed E-state index contributed by atoms with van der Waals surface area (Å²) in [6, 6.07) is 0.252. The van der Waals surface area contributed by atoms with Crippen LogP contribution in [0.2, 0.25) is 0 Å². The van der Waals surface area contributed by atoms with Crippen molar-refractivity contribution in [3.63, 3.8) is 0 Å². The second-order valence-electron chi connectivity index (χ2n) is 4.07. The molecule has 100 valence electrons. The van der Waals surface area contributed by atoms with E-state index < -0.39 is 5.97 Å². The second kappa shape index (κ2) is 5.53. The van der Waals surface area contributed by atoms with Crippen LogP contribution in [0.1, 0.15) is 23.7 Å². The van der Waals surface area contributed by atoms with Crippen LogP contribution in [0.15, 0.2) is 0 Å². The predicted molar refractivity (Wildman–Crippen MR) is 70.1 cm³/mol. The van der Waals surface area contributed by atoms with E-state index >= 15 is 0 Å². The van der Waals surface area contributed by atoms with Gasteiger partial charge in [-0.25, -0.2) is 4.79 Å². The molecule has 6 nitrogen and oxygen atoms in total. The van der Waals surface area contributed by atoms with Gasteiger partial charge in [0.05, 0.1) is 26.4 Å². The number of hydrogen-bond acceptors (Lipinski definition) is 7. The fraction of sp³-hybridized carbons (Fsp3) is 0.636. The maximum Gasteiger partial charge on any atom is 0.344 e. The summed E-state index contributed by atoms with van der Waals surface area (Å²) in [4.78, 5) is 13.9. The summed E-state index contributed by atoms with van der Waals surface area (Å²) in [6.45, 7) is 4.14. The molecule has 1 aromatic rings. The number of aromatic nitrogens is 1. The van der Waals surface area contributed by atoms with Crippen LogP contribution in [-0.2, 0) is 9.47 Å². The molecule has 1 unspecified atom stereocenters. The molecule has 1 fully saturated rings. The van der Waals surface area contributed by atoms with Gasteiger partial charge in [-0.1, -0.05) is 6.92 Å². The number of nitrogens with zero attached hydrogens (tertiary/aromatic N) is 2. The normalized spacial score (nSPS) is 19.9. The topological polar surface area (TPSA) is 77.7 Å². The van der Waals surface area contributed by atoms with Crippen LogP contribution < -0.4 is 10.6 Å². The summed E-state index contributed by atoms with van der Waals surface area (Å²) in [5.74, 6) is -0.194. The zero-order valence-corrected chi connectivity index (χ0v) is 11.3. The summed E-state index contributed by atoms with van der Waals surface area (Å²) in [7, 11) is 1.35. The van der Waals surface area contributed by atoms with Gasteiger partial charge in [0.1, 0.15) is 10.6 Å². The molecule has 7 heteroatoms. The molecule has 1 aliphatic rings. The van der Waals surface area contributed by atoms with E-state index in [-0.39, 0.29) is 11.9 Å². The minimum Gasteiger partial charge on any atom is -0.465 e. The number of carbonyl (C=O) groups excluding carboxylic acids is 1. The second-order valence-corrected chi connectivity index (χ2v) is 4.82. The van der Waals surface area contributed by atoms with Gasteiger partial charge in [-0.15, -0.1) is 0 Å². The SMILES string of the molecule is CCC1COCCN1c1snc(N)c1C(=O)OC. The molecule has 1 aliphatic heterocycles. The number of hydrogen-bond donors (Lipinski definition) is 1. The highest BCUT2D eigenvalue weighted by molar-refractivity contribution is 7.11. The summed E-state index contributed by atoms with van der Waals surface area (Å²) < 4.78 is 14.3. The van der Waals surface area contributed by atoms with Crippen molar-refractivity contribution in [3.8, 4) is 0 Å². The Balaban J connectivity index is 2.34. The molecule has 1 aromatic heterocycles. The quantitative estimate of drug-likeness (QED) is 0.830. The van der Waals surface area contributed by atoms with Gasteiger partial charge in [-0.2, -0.15) is 4.37 Å². The lowest BCUT2D eigenvalue weighted by atomic mass is 10.1. The Morgan fingerprint density at radius 3 is 3.17 bits per heavy atom. The lowest BCUT2D eigenvalue weighted by Crippen LogP contribution is -2.45. The summed E-state index contributed by atoms with van der Waals surface area (Å²) in [5.41, 5.74) is 6.13. The average molecular weight is 271 g/mol. The van der Waals surface area contributed by atoms with Gasteiger partial charge in [0.25, 0.3) is 0 Å². The number of rotatable bonds is 3. The minimum absolute atomic E-state index is 0.239. The number of morpholine rings is 1.